The summed E-state index contributed by atoms with van der Waals surface area (Å²) >= 11 is 0. The minimum atomic E-state index is -0.589. The number of carbonyl (C=O) groups is 1. The largest absolute Gasteiger partial charge is 0.491 e. The van der Waals surface area contributed by atoms with E-state index in [0.717, 1.165) is 22.7 Å². The van der Waals surface area contributed by atoms with Crippen LogP contribution in [0.15, 0.2) is 65.8 Å². The number of hydrogen-bond donors (Lipinski definition) is 3. The van der Waals surface area contributed by atoms with Crippen LogP contribution in [0.3, 0.4) is 0 Å². The van der Waals surface area contributed by atoms with Crippen LogP contribution in [0.4, 0.5) is 17.1 Å². The molecule has 0 saturated carbocycles. The SMILES string of the molecule is CC(C)Oc1ccc(Nc2cc(-c3ccc(OC(C)C)cc3)c(C(N)=O)cc2N=N)cc1. The first-order valence-electron chi connectivity index (χ1n) is 10.4. The van der Waals surface area contributed by atoms with Gasteiger partial charge in [-0.2, -0.15) is 5.11 Å². The van der Waals surface area contributed by atoms with Crippen molar-refractivity contribution < 1.29 is 14.3 Å². The van der Waals surface area contributed by atoms with Crippen LogP contribution in [-0.2, 0) is 0 Å². The molecule has 3 aromatic carbocycles. The maximum absolute atomic E-state index is 12.1. The molecule has 3 rings (SSSR count). The number of rotatable bonds is 9. The van der Waals surface area contributed by atoms with Gasteiger partial charge in [-0.3, -0.25) is 4.79 Å². The molecule has 4 N–H and O–H groups in total. The third kappa shape index (κ3) is 5.63. The van der Waals surface area contributed by atoms with Crippen LogP contribution in [0.5, 0.6) is 11.5 Å². The van der Waals surface area contributed by atoms with Crippen molar-refractivity contribution in [2.45, 2.75) is 39.9 Å². The van der Waals surface area contributed by atoms with Crippen LogP contribution in [0.1, 0.15) is 38.1 Å². The van der Waals surface area contributed by atoms with Gasteiger partial charge in [0.15, 0.2) is 0 Å². The Morgan fingerprint density at radius 3 is 1.91 bits per heavy atom. The molecule has 0 bridgehead atoms. The van der Waals surface area contributed by atoms with E-state index in [1.807, 2.05) is 76.2 Å². The maximum Gasteiger partial charge on any atom is 0.249 e. The first kappa shape index (κ1) is 22.8. The van der Waals surface area contributed by atoms with Crippen molar-refractivity contribution >= 4 is 23.0 Å². The fourth-order valence-electron chi connectivity index (χ4n) is 3.25. The second-order valence-corrected chi connectivity index (χ2v) is 7.90. The zero-order chi connectivity index (χ0) is 23.3. The van der Waals surface area contributed by atoms with Crippen LogP contribution in [-0.4, -0.2) is 18.1 Å². The molecule has 7 heteroatoms. The highest BCUT2D eigenvalue weighted by Gasteiger charge is 2.16. The fourth-order valence-corrected chi connectivity index (χ4v) is 3.25. The maximum atomic E-state index is 12.1. The third-order valence-electron chi connectivity index (χ3n) is 4.56. The number of nitrogens with two attached hydrogens (primary N) is 1. The summed E-state index contributed by atoms with van der Waals surface area (Å²) in [4.78, 5) is 12.1. The van der Waals surface area contributed by atoms with E-state index in [1.54, 1.807) is 6.07 Å². The van der Waals surface area contributed by atoms with Gasteiger partial charge in [0.25, 0.3) is 0 Å². The highest BCUT2D eigenvalue weighted by Crippen LogP contribution is 2.37. The van der Waals surface area contributed by atoms with Gasteiger partial charge in [0.1, 0.15) is 17.2 Å². The van der Waals surface area contributed by atoms with Crippen molar-refractivity contribution in [2.75, 3.05) is 5.32 Å². The number of nitrogens with one attached hydrogen (secondary N) is 2. The van der Waals surface area contributed by atoms with Crippen molar-refractivity contribution in [1.29, 1.82) is 5.53 Å². The van der Waals surface area contributed by atoms with Crippen LogP contribution >= 0.6 is 0 Å². The van der Waals surface area contributed by atoms with Crippen LogP contribution < -0.4 is 20.5 Å². The summed E-state index contributed by atoms with van der Waals surface area (Å²) in [7, 11) is 0. The summed E-state index contributed by atoms with van der Waals surface area (Å²) in [6.45, 7) is 7.86. The predicted octanol–water partition coefficient (Wildman–Crippen LogP) is 6.43. The van der Waals surface area contributed by atoms with Crippen molar-refractivity contribution in [3.63, 3.8) is 0 Å². The smallest absolute Gasteiger partial charge is 0.249 e. The Balaban J connectivity index is 1.98. The Labute approximate surface area is 188 Å². The van der Waals surface area contributed by atoms with E-state index in [-0.39, 0.29) is 12.2 Å². The average molecular weight is 433 g/mol. The molecule has 0 atom stereocenters. The van der Waals surface area contributed by atoms with Gasteiger partial charge in [-0.25, -0.2) is 5.53 Å². The van der Waals surface area contributed by atoms with Crippen molar-refractivity contribution in [1.82, 2.24) is 0 Å². The molecule has 1 amide bonds. The van der Waals surface area contributed by atoms with Gasteiger partial charge in [-0.1, -0.05) is 12.1 Å². The normalized spacial score (nSPS) is 10.8. The quantitative estimate of drug-likeness (QED) is 0.338. The highest BCUT2D eigenvalue weighted by molar-refractivity contribution is 6.02. The molecule has 0 spiro atoms. The molecule has 0 heterocycles. The molecular formula is C25H28N4O3. The van der Waals surface area contributed by atoms with E-state index in [4.69, 9.17) is 20.7 Å². The van der Waals surface area contributed by atoms with Gasteiger partial charge in [0, 0.05) is 11.3 Å². The van der Waals surface area contributed by atoms with Crippen LogP contribution in [0.25, 0.3) is 11.1 Å². The lowest BCUT2D eigenvalue weighted by atomic mass is 9.97. The Kier molecular flexibility index (Phi) is 7.10. The predicted molar refractivity (Wildman–Crippen MR) is 126 cm³/mol. The number of carbonyl (C=O) groups excluding carboxylic acids is 1. The number of primary amides is 1. The van der Waals surface area contributed by atoms with E-state index < -0.39 is 5.91 Å². The summed E-state index contributed by atoms with van der Waals surface area (Å²) in [5.41, 5.74) is 16.6. The second kappa shape index (κ2) is 9.96. The topological polar surface area (TPSA) is 110 Å². The molecule has 0 fully saturated rings. The number of benzene rings is 3. The van der Waals surface area contributed by atoms with E-state index in [9.17, 15) is 4.79 Å². The van der Waals surface area contributed by atoms with Crippen molar-refractivity contribution in [3.05, 3.63) is 66.2 Å². The zero-order valence-corrected chi connectivity index (χ0v) is 18.7. The van der Waals surface area contributed by atoms with Crippen LogP contribution in [0, 0.1) is 5.53 Å². The Hall–Kier alpha value is -3.87. The van der Waals surface area contributed by atoms with Crippen molar-refractivity contribution in [2.24, 2.45) is 10.8 Å². The first-order valence-corrected chi connectivity index (χ1v) is 10.4. The van der Waals surface area contributed by atoms with Gasteiger partial charge >= 0.3 is 0 Å². The monoisotopic (exact) mass is 432 g/mol. The highest BCUT2D eigenvalue weighted by atomic mass is 16.5. The number of amides is 1. The number of hydrogen-bond acceptors (Lipinski definition) is 6. The molecule has 7 nitrogen and oxygen atoms in total. The van der Waals surface area contributed by atoms with Gasteiger partial charge in [-0.15, -0.1) is 0 Å². The minimum absolute atomic E-state index is 0.0631. The number of nitrogens with zero attached hydrogens (tertiary/aromatic N) is 1. The molecule has 3 aromatic rings. The van der Waals surface area contributed by atoms with Gasteiger partial charge in [0.2, 0.25) is 5.91 Å². The van der Waals surface area contributed by atoms with E-state index in [2.05, 4.69) is 10.4 Å². The summed E-state index contributed by atoms with van der Waals surface area (Å²) in [6.07, 6.45) is 0.150. The molecule has 0 aliphatic rings. The molecule has 166 valence electrons. The molecule has 0 aliphatic carbocycles. The lowest BCUT2D eigenvalue weighted by Crippen LogP contribution is -2.12. The molecule has 0 unspecified atom stereocenters. The summed E-state index contributed by atoms with van der Waals surface area (Å²) in [6, 6.07) is 18.3. The Morgan fingerprint density at radius 1 is 0.906 bits per heavy atom. The molecule has 0 aliphatic heterocycles. The summed E-state index contributed by atoms with van der Waals surface area (Å²) in [5.74, 6) is 0.919. The molecule has 0 radical (unpaired) electrons. The average Bonchev–Trinajstić information content (AvgIpc) is 2.74. The molecule has 0 aromatic heterocycles. The van der Waals surface area contributed by atoms with E-state index >= 15 is 0 Å². The Morgan fingerprint density at radius 2 is 1.44 bits per heavy atom. The number of anilines is 2. The molecule has 32 heavy (non-hydrogen) atoms. The lowest BCUT2D eigenvalue weighted by Gasteiger charge is -2.16. The second-order valence-electron chi connectivity index (χ2n) is 7.90. The third-order valence-corrected chi connectivity index (χ3v) is 4.56. The van der Waals surface area contributed by atoms with E-state index in [1.165, 1.54) is 6.07 Å². The van der Waals surface area contributed by atoms with Gasteiger partial charge in [0.05, 0.1) is 17.9 Å². The summed E-state index contributed by atoms with van der Waals surface area (Å²) in [5, 5.41) is 6.85. The molecule has 0 saturated heterocycles. The zero-order valence-electron chi connectivity index (χ0n) is 18.7. The minimum Gasteiger partial charge on any atom is -0.491 e. The lowest BCUT2D eigenvalue weighted by molar-refractivity contribution is 0.100. The van der Waals surface area contributed by atoms with E-state index in [0.29, 0.717) is 22.5 Å². The van der Waals surface area contributed by atoms with Gasteiger partial charge in [-0.05, 0) is 87.4 Å². The first-order chi connectivity index (χ1) is 15.3. The van der Waals surface area contributed by atoms with Crippen LogP contribution in [0.2, 0.25) is 0 Å². The Bertz CT molecular complexity index is 1090. The molecular weight excluding hydrogens is 404 g/mol. The number of ether oxygens (including phenoxy) is 2. The fraction of sp³-hybridized carbons (Fsp3) is 0.240. The van der Waals surface area contributed by atoms with Crippen molar-refractivity contribution in [3.8, 4) is 22.6 Å². The standard InChI is InChI=1S/C25H28N4O3/c1-15(2)31-19-9-5-17(6-10-19)21-13-23(24(29-27)14-22(21)25(26)30)28-18-7-11-20(12-8-18)32-16(3)4/h5-16,27-28H,1-4H3,(H2,26,30). The summed E-state index contributed by atoms with van der Waals surface area (Å²) < 4.78 is 11.4. The van der Waals surface area contributed by atoms with Gasteiger partial charge < -0.3 is 20.5 Å².